The highest BCUT2D eigenvalue weighted by Crippen LogP contribution is 2.11. The predicted molar refractivity (Wildman–Crippen MR) is 89.2 cm³/mol. The summed E-state index contributed by atoms with van der Waals surface area (Å²) in [7, 11) is 0. The van der Waals surface area contributed by atoms with E-state index < -0.39 is 48.3 Å². The van der Waals surface area contributed by atoms with Crippen molar-refractivity contribution in [1.82, 2.24) is 10.6 Å². The molecule has 2 amide bonds. The Balaban J connectivity index is 2.91. The SMILES string of the molecule is CC(NC(=O)C(Cc1ccc(O)cc1)NC(=O)C(N)CC(=O)O)C(=O)O. The molecule has 0 spiro atoms. The molecular formula is C16H21N3O7. The fourth-order valence-electron chi connectivity index (χ4n) is 2.01. The van der Waals surface area contributed by atoms with E-state index in [-0.39, 0.29) is 12.2 Å². The van der Waals surface area contributed by atoms with Crippen molar-refractivity contribution < 1.29 is 34.5 Å². The number of rotatable bonds is 9. The van der Waals surface area contributed by atoms with Gasteiger partial charge in [-0.25, -0.2) is 0 Å². The number of carbonyl (C=O) groups excluding carboxylic acids is 2. The highest BCUT2D eigenvalue weighted by Gasteiger charge is 2.27. The molecule has 0 saturated carbocycles. The smallest absolute Gasteiger partial charge is 0.325 e. The number of carbonyl (C=O) groups is 4. The van der Waals surface area contributed by atoms with Crippen molar-refractivity contribution in [2.75, 3.05) is 0 Å². The van der Waals surface area contributed by atoms with Crippen LogP contribution in [0.3, 0.4) is 0 Å². The molecule has 0 aliphatic rings. The largest absolute Gasteiger partial charge is 0.508 e. The first-order chi connectivity index (χ1) is 12.1. The van der Waals surface area contributed by atoms with E-state index in [1.807, 2.05) is 0 Å². The first-order valence-electron chi connectivity index (χ1n) is 7.69. The quantitative estimate of drug-likeness (QED) is 0.315. The van der Waals surface area contributed by atoms with Gasteiger partial charge in [-0.1, -0.05) is 12.1 Å². The number of phenols is 1. The molecule has 0 radical (unpaired) electrons. The van der Waals surface area contributed by atoms with Gasteiger partial charge in [0.1, 0.15) is 17.8 Å². The van der Waals surface area contributed by atoms with Crippen molar-refractivity contribution in [1.29, 1.82) is 0 Å². The predicted octanol–water partition coefficient (Wildman–Crippen LogP) is -1.19. The molecule has 26 heavy (non-hydrogen) atoms. The molecule has 1 aromatic rings. The fraction of sp³-hybridized carbons (Fsp3) is 0.375. The molecule has 0 aromatic heterocycles. The summed E-state index contributed by atoms with van der Waals surface area (Å²) < 4.78 is 0. The van der Waals surface area contributed by atoms with Gasteiger partial charge in [0, 0.05) is 6.42 Å². The number of carboxylic acid groups (broad SMARTS) is 2. The summed E-state index contributed by atoms with van der Waals surface area (Å²) in [6.07, 6.45) is -0.630. The van der Waals surface area contributed by atoms with Crippen molar-refractivity contribution in [3.05, 3.63) is 29.8 Å². The normalized spacial score (nSPS) is 13.9. The maximum Gasteiger partial charge on any atom is 0.325 e. The first-order valence-corrected chi connectivity index (χ1v) is 7.69. The van der Waals surface area contributed by atoms with Gasteiger partial charge in [0.15, 0.2) is 0 Å². The van der Waals surface area contributed by atoms with Crippen LogP contribution in [0, 0.1) is 0 Å². The molecule has 0 saturated heterocycles. The Morgan fingerprint density at radius 1 is 1.04 bits per heavy atom. The van der Waals surface area contributed by atoms with Crippen molar-refractivity contribution in [2.45, 2.75) is 37.9 Å². The van der Waals surface area contributed by atoms with Gasteiger partial charge in [0.05, 0.1) is 12.5 Å². The number of hydrogen-bond acceptors (Lipinski definition) is 6. The van der Waals surface area contributed by atoms with Crippen molar-refractivity contribution in [3.8, 4) is 5.75 Å². The lowest BCUT2D eigenvalue weighted by atomic mass is 10.0. The zero-order valence-electron chi connectivity index (χ0n) is 14.0. The van der Waals surface area contributed by atoms with Crippen LogP contribution in [0.2, 0.25) is 0 Å². The van der Waals surface area contributed by atoms with Gasteiger partial charge < -0.3 is 31.7 Å². The minimum absolute atomic E-state index is 0.00994. The minimum Gasteiger partial charge on any atom is -0.508 e. The van der Waals surface area contributed by atoms with Crippen LogP contribution >= 0.6 is 0 Å². The maximum absolute atomic E-state index is 12.3. The molecule has 1 aromatic carbocycles. The van der Waals surface area contributed by atoms with Gasteiger partial charge in [-0.15, -0.1) is 0 Å². The van der Waals surface area contributed by atoms with E-state index in [2.05, 4.69) is 10.6 Å². The zero-order chi connectivity index (χ0) is 19.9. The van der Waals surface area contributed by atoms with E-state index in [0.29, 0.717) is 5.56 Å². The molecule has 142 valence electrons. The summed E-state index contributed by atoms with van der Waals surface area (Å²) >= 11 is 0. The number of carboxylic acids is 2. The van der Waals surface area contributed by atoms with Gasteiger partial charge in [-0.3, -0.25) is 19.2 Å². The second-order valence-electron chi connectivity index (χ2n) is 5.70. The lowest BCUT2D eigenvalue weighted by Gasteiger charge is -2.21. The highest BCUT2D eigenvalue weighted by atomic mass is 16.4. The van der Waals surface area contributed by atoms with Gasteiger partial charge >= 0.3 is 11.9 Å². The summed E-state index contributed by atoms with van der Waals surface area (Å²) in [6, 6.07) is 2.12. The summed E-state index contributed by atoms with van der Waals surface area (Å²) in [5.41, 5.74) is 6.06. The standard InChI is InChI=1S/C16H21N3O7/c1-8(16(25)26)18-15(24)12(6-9-2-4-10(20)5-3-9)19-14(23)11(17)7-13(21)22/h2-5,8,11-12,20H,6-7,17H2,1H3,(H,18,24)(H,19,23)(H,21,22)(H,25,26). The second-order valence-corrected chi connectivity index (χ2v) is 5.70. The third kappa shape index (κ3) is 6.77. The van der Waals surface area contributed by atoms with E-state index in [1.54, 1.807) is 0 Å². The summed E-state index contributed by atoms with van der Waals surface area (Å²) in [5.74, 6) is -4.12. The van der Waals surface area contributed by atoms with Crippen LogP contribution in [0.5, 0.6) is 5.75 Å². The molecule has 3 unspecified atom stereocenters. The number of hydrogen-bond donors (Lipinski definition) is 6. The molecule has 0 heterocycles. The molecule has 0 fully saturated rings. The first kappa shape index (κ1) is 20.9. The lowest BCUT2D eigenvalue weighted by molar-refractivity contribution is -0.142. The number of phenolic OH excluding ortho intramolecular Hbond substituents is 1. The van der Waals surface area contributed by atoms with E-state index in [1.165, 1.54) is 31.2 Å². The molecule has 0 aliphatic heterocycles. The Bertz CT molecular complexity index is 675. The molecule has 10 heteroatoms. The number of amides is 2. The Morgan fingerprint density at radius 2 is 1.62 bits per heavy atom. The fourth-order valence-corrected chi connectivity index (χ4v) is 2.01. The summed E-state index contributed by atoms with van der Waals surface area (Å²) in [5, 5.41) is 31.4. The zero-order valence-corrected chi connectivity index (χ0v) is 14.0. The lowest BCUT2D eigenvalue weighted by Crippen LogP contribution is -2.55. The minimum atomic E-state index is -1.36. The average Bonchev–Trinajstić information content (AvgIpc) is 2.55. The van der Waals surface area contributed by atoms with Crippen LogP contribution in [-0.2, 0) is 25.6 Å². The monoisotopic (exact) mass is 367 g/mol. The van der Waals surface area contributed by atoms with E-state index >= 15 is 0 Å². The number of benzene rings is 1. The van der Waals surface area contributed by atoms with Crippen LogP contribution in [0.1, 0.15) is 18.9 Å². The van der Waals surface area contributed by atoms with Gasteiger partial charge in [0.2, 0.25) is 11.8 Å². The third-order valence-electron chi connectivity index (χ3n) is 3.47. The van der Waals surface area contributed by atoms with Gasteiger partial charge in [-0.2, -0.15) is 0 Å². The second kappa shape index (κ2) is 9.37. The Labute approximate surface area is 149 Å². The summed E-state index contributed by atoms with van der Waals surface area (Å²) in [4.78, 5) is 45.9. The van der Waals surface area contributed by atoms with E-state index in [9.17, 15) is 24.3 Å². The van der Waals surface area contributed by atoms with Gasteiger partial charge in [-0.05, 0) is 24.6 Å². The summed E-state index contributed by atoms with van der Waals surface area (Å²) in [6.45, 7) is 1.26. The number of nitrogens with one attached hydrogen (secondary N) is 2. The molecule has 10 nitrogen and oxygen atoms in total. The van der Waals surface area contributed by atoms with Crippen LogP contribution in [0.25, 0.3) is 0 Å². The molecule has 1 rings (SSSR count). The average molecular weight is 367 g/mol. The van der Waals surface area contributed by atoms with Crippen LogP contribution in [0.4, 0.5) is 0 Å². The number of aliphatic carboxylic acids is 2. The Kier molecular flexibility index (Phi) is 7.53. The van der Waals surface area contributed by atoms with Crippen LogP contribution in [0.15, 0.2) is 24.3 Å². The molecule has 0 bridgehead atoms. The number of aromatic hydroxyl groups is 1. The molecule has 0 aliphatic carbocycles. The topological polar surface area (TPSA) is 179 Å². The van der Waals surface area contributed by atoms with Crippen molar-refractivity contribution in [3.63, 3.8) is 0 Å². The number of nitrogens with two attached hydrogens (primary N) is 1. The molecule has 7 N–H and O–H groups in total. The van der Waals surface area contributed by atoms with Gasteiger partial charge in [0.25, 0.3) is 0 Å². The van der Waals surface area contributed by atoms with Crippen LogP contribution < -0.4 is 16.4 Å². The van der Waals surface area contributed by atoms with Crippen molar-refractivity contribution >= 4 is 23.8 Å². The van der Waals surface area contributed by atoms with Crippen molar-refractivity contribution in [2.24, 2.45) is 5.73 Å². The Hall–Kier alpha value is -3.14. The molecular weight excluding hydrogens is 346 g/mol. The third-order valence-corrected chi connectivity index (χ3v) is 3.47. The van der Waals surface area contributed by atoms with Crippen LogP contribution in [-0.4, -0.2) is 57.2 Å². The van der Waals surface area contributed by atoms with E-state index in [0.717, 1.165) is 0 Å². The maximum atomic E-state index is 12.3. The Morgan fingerprint density at radius 3 is 2.12 bits per heavy atom. The van der Waals surface area contributed by atoms with E-state index in [4.69, 9.17) is 15.9 Å². The highest BCUT2D eigenvalue weighted by molar-refractivity contribution is 5.93. The molecule has 3 atom stereocenters.